The van der Waals surface area contributed by atoms with Crippen molar-refractivity contribution in [3.8, 4) is 0 Å². The number of rotatable bonds is 3. The van der Waals surface area contributed by atoms with Crippen LogP contribution in [0, 0.1) is 6.92 Å². The molecule has 0 unspecified atom stereocenters. The van der Waals surface area contributed by atoms with Crippen molar-refractivity contribution in [2.45, 2.75) is 13.5 Å². The zero-order valence-electron chi connectivity index (χ0n) is 10.5. The highest BCUT2D eigenvalue weighted by atomic mass is 32.1. The largest absolute Gasteiger partial charge is 0.389 e. The number of hydrogen-bond donors (Lipinski definition) is 1. The minimum absolute atomic E-state index is 0.438. The van der Waals surface area contributed by atoms with Crippen LogP contribution in [0.1, 0.15) is 16.3 Å². The van der Waals surface area contributed by atoms with Crippen LogP contribution in [-0.2, 0) is 6.54 Å². The molecule has 0 aliphatic rings. The van der Waals surface area contributed by atoms with Gasteiger partial charge >= 0.3 is 0 Å². The van der Waals surface area contributed by atoms with Crippen molar-refractivity contribution in [2.75, 3.05) is 0 Å². The van der Waals surface area contributed by atoms with E-state index in [2.05, 4.69) is 33.3 Å². The number of hydrogen-bond acceptors (Lipinski definition) is 3. The summed E-state index contributed by atoms with van der Waals surface area (Å²) >= 11 is 6.76. The Labute approximate surface area is 120 Å². The maximum absolute atomic E-state index is 5.76. The molecular weight excluding hydrogens is 274 g/mol. The van der Waals surface area contributed by atoms with E-state index in [1.54, 1.807) is 11.3 Å². The van der Waals surface area contributed by atoms with Crippen LogP contribution in [-0.4, -0.2) is 14.5 Å². The Morgan fingerprint density at radius 2 is 2.26 bits per heavy atom. The molecule has 3 aromatic rings. The first-order chi connectivity index (χ1) is 9.15. The summed E-state index contributed by atoms with van der Waals surface area (Å²) in [6, 6.07) is 8.08. The van der Waals surface area contributed by atoms with Crippen molar-refractivity contribution in [2.24, 2.45) is 5.73 Å². The van der Waals surface area contributed by atoms with Crippen LogP contribution in [0.4, 0.5) is 0 Å². The number of nitrogens with two attached hydrogens (primary N) is 1. The molecule has 0 aliphatic heterocycles. The molecule has 0 bridgehead atoms. The van der Waals surface area contributed by atoms with Gasteiger partial charge in [0.25, 0.3) is 0 Å². The third-order valence-electron chi connectivity index (χ3n) is 3.08. The number of thiazole rings is 1. The van der Waals surface area contributed by atoms with Crippen LogP contribution in [0.5, 0.6) is 0 Å². The second-order valence-corrected chi connectivity index (χ2v) is 5.91. The molecule has 0 saturated heterocycles. The molecule has 2 aromatic heterocycles. The first kappa shape index (κ1) is 12.3. The topological polar surface area (TPSA) is 43.8 Å². The van der Waals surface area contributed by atoms with Gasteiger partial charge in [-0.1, -0.05) is 24.4 Å². The first-order valence-electron chi connectivity index (χ1n) is 5.94. The van der Waals surface area contributed by atoms with E-state index in [1.807, 2.05) is 19.1 Å². The predicted octanol–water partition coefficient (Wildman–Crippen LogP) is 3.09. The van der Waals surface area contributed by atoms with Crippen molar-refractivity contribution in [1.82, 2.24) is 9.55 Å². The highest BCUT2D eigenvalue weighted by Gasteiger charge is 2.08. The molecule has 0 saturated carbocycles. The number of thiocarbonyl (C=S) groups is 1. The molecular formula is C14H13N3S2. The van der Waals surface area contributed by atoms with Gasteiger partial charge in [-0.25, -0.2) is 4.98 Å². The van der Waals surface area contributed by atoms with E-state index in [0.717, 1.165) is 33.7 Å². The smallest absolute Gasteiger partial charge is 0.104 e. The predicted molar refractivity (Wildman–Crippen MR) is 83.8 cm³/mol. The van der Waals surface area contributed by atoms with Gasteiger partial charge in [0, 0.05) is 28.0 Å². The quantitative estimate of drug-likeness (QED) is 0.753. The number of aromatic nitrogens is 2. The average Bonchev–Trinajstić information content (AvgIpc) is 2.97. The van der Waals surface area contributed by atoms with E-state index in [0.29, 0.717) is 4.99 Å². The number of aryl methyl sites for hydroxylation is 1. The van der Waals surface area contributed by atoms with Gasteiger partial charge in [-0.15, -0.1) is 11.3 Å². The molecule has 5 heteroatoms. The van der Waals surface area contributed by atoms with Gasteiger partial charge in [0.1, 0.15) is 4.99 Å². The third kappa shape index (κ3) is 2.27. The maximum Gasteiger partial charge on any atom is 0.104 e. The van der Waals surface area contributed by atoms with Crippen molar-refractivity contribution < 1.29 is 0 Å². The van der Waals surface area contributed by atoms with Crippen molar-refractivity contribution in [3.63, 3.8) is 0 Å². The van der Waals surface area contributed by atoms with Gasteiger partial charge in [-0.3, -0.25) is 0 Å². The van der Waals surface area contributed by atoms with E-state index in [9.17, 15) is 0 Å². The molecule has 0 aliphatic carbocycles. The minimum atomic E-state index is 0.438. The van der Waals surface area contributed by atoms with Crippen LogP contribution in [0.2, 0.25) is 0 Å². The number of fused-ring (bicyclic) bond motifs is 1. The lowest BCUT2D eigenvalue weighted by atomic mass is 10.1. The standard InChI is InChI=1S/C14H13N3S2/c1-9-16-10(8-19-9)7-17-6-5-11-12(14(15)18)3-2-4-13(11)17/h2-6,8H,7H2,1H3,(H2,15,18). The molecule has 0 radical (unpaired) electrons. The van der Waals surface area contributed by atoms with Gasteiger partial charge in [-0.2, -0.15) is 0 Å². The summed E-state index contributed by atoms with van der Waals surface area (Å²) in [5, 5.41) is 4.29. The summed E-state index contributed by atoms with van der Waals surface area (Å²) in [6.07, 6.45) is 2.06. The fourth-order valence-electron chi connectivity index (χ4n) is 2.23. The Balaban J connectivity index is 2.06. The maximum atomic E-state index is 5.76. The average molecular weight is 287 g/mol. The first-order valence-corrected chi connectivity index (χ1v) is 7.22. The Bertz CT molecular complexity index is 755. The van der Waals surface area contributed by atoms with Gasteiger partial charge in [0.2, 0.25) is 0 Å². The molecule has 1 aromatic carbocycles. The zero-order valence-corrected chi connectivity index (χ0v) is 12.1. The number of benzene rings is 1. The lowest BCUT2D eigenvalue weighted by molar-refractivity contribution is 0.812. The van der Waals surface area contributed by atoms with Gasteiger partial charge in [-0.05, 0) is 19.1 Å². The van der Waals surface area contributed by atoms with Gasteiger partial charge in [0.05, 0.1) is 17.2 Å². The van der Waals surface area contributed by atoms with Crippen molar-refractivity contribution >= 4 is 39.4 Å². The Morgan fingerprint density at radius 1 is 1.42 bits per heavy atom. The zero-order chi connectivity index (χ0) is 13.4. The molecule has 19 heavy (non-hydrogen) atoms. The van der Waals surface area contributed by atoms with Gasteiger partial charge in [0.15, 0.2) is 0 Å². The second kappa shape index (κ2) is 4.75. The second-order valence-electron chi connectivity index (χ2n) is 4.40. The summed E-state index contributed by atoms with van der Waals surface area (Å²) in [4.78, 5) is 4.93. The Morgan fingerprint density at radius 3 is 2.95 bits per heavy atom. The molecule has 0 amide bonds. The summed E-state index contributed by atoms with van der Waals surface area (Å²) in [5.74, 6) is 0. The fourth-order valence-corrected chi connectivity index (χ4v) is 3.01. The highest BCUT2D eigenvalue weighted by Crippen LogP contribution is 2.21. The third-order valence-corrected chi connectivity index (χ3v) is 4.12. The van der Waals surface area contributed by atoms with E-state index >= 15 is 0 Å². The van der Waals surface area contributed by atoms with E-state index < -0.39 is 0 Å². The van der Waals surface area contributed by atoms with Crippen LogP contribution in [0.3, 0.4) is 0 Å². The molecule has 0 spiro atoms. The number of nitrogens with zero attached hydrogens (tertiary/aromatic N) is 2. The normalized spacial score (nSPS) is 11.0. The monoisotopic (exact) mass is 287 g/mol. The summed E-state index contributed by atoms with van der Waals surface area (Å²) in [5.41, 5.74) is 8.91. The van der Waals surface area contributed by atoms with Gasteiger partial charge < -0.3 is 10.3 Å². The molecule has 96 valence electrons. The summed E-state index contributed by atoms with van der Waals surface area (Å²) < 4.78 is 2.17. The molecule has 3 nitrogen and oxygen atoms in total. The molecule has 2 N–H and O–H groups in total. The van der Waals surface area contributed by atoms with Crippen LogP contribution < -0.4 is 5.73 Å². The molecule has 0 atom stereocenters. The van der Waals surface area contributed by atoms with Crippen LogP contribution in [0.15, 0.2) is 35.8 Å². The lowest BCUT2D eigenvalue weighted by Gasteiger charge is -2.05. The SMILES string of the molecule is Cc1nc(Cn2ccc3c(C(N)=S)cccc32)cs1. The molecule has 3 rings (SSSR count). The van der Waals surface area contributed by atoms with E-state index in [1.165, 1.54) is 0 Å². The Kier molecular flexibility index (Phi) is 3.08. The summed E-state index contributed by atoms with van der Waals surface area (Å²) in [7, 11) is 0. The van der Waals surface area contributed by atoms with Crippen molar-refractivity contribution in [1.29, 1.82) is 0 Å². The van der Waals surface area contributed by atoms with Crippen LogP contribution in [0.25, 0.3) is 10.9 Å². The van der Waals surface area contributed by atoms with Crippen molar-refractivity contribution in [3.05, 3.63) is 52.1 Å². The molecule has 0 fully saturated rings. The molecule has 2 heterocycles. The highest BCUT2D eigenvalue weighted by molar-refractivity contribution is 7.80. The summed E-state index contributed by atoms with van der Waals surface area (Å²) in [6.45, 7) is 2.79. The Hall–Kier alpha value is -1.72. The minimum Gasteiger partial charge on any atom is -0.389 e. The van der Waals surface area contributed by atoms with Crippen LogP contribution >= 0.6 is 23.6 Å². The van der Waals surface area contributed by atoms with E-state index in [-0.39, 0.29) is 0 Å². The van der Waals surface area contributed by atoms with E-state index in [4.69, 9.17) is 18.0 Å². The lowest BCUT2D eigenvalue weighted by Crippen LogP contribution is -2.09. The fraction of sp³-hybridized carbons (Fsp3) is 0.143.